The molecular formula is C17H13N3O4S. The number of carbonyl (C=O) groups is 2. The molecule has 0 unspecified atom stereocenters. The van der Waals surface area contributed by atoms with Crippen LogP contribution in [-0.2, 0) is 10.0 Å². The largest absolute Gasteiger partial charge is 0.272 e. The molecule has 0 radical (unpaired) electrons. The number of fused-ring (bicyclic) bond motifs is 2. The summed E-state index contributed by atoms with van der Waals surface area (Å²) in [7, 11) is -3.60. The lowest BCUT2D eigenvalue weighted by Crippen LogP contribution is -2.32. The van der Waals surface area contributed by atoms with Gasteiger partial charge in [0.1, 0.15) is 5.84 Å². The van der Waals surface area contributed by atoms with E-state index in [-0.39, 0.29) is 35.6 Å². The number of nitrogens with one attached hydrogen (secondary N) is 1. The quantitative estimate of drug-likeness (QED) is 0.832. The zero-order chi connectivity index (χ0) is 17.6. The van der Waals surface area contributed by atoms with Gasteiger partial charge in [0, 0.05) is 12.1 Å². The summed E-state index contributed by atoms with van der Waals surface area (Å²) in [5.41, 5.74) is 1.25. The first-order valence-electron chi connectivity index (χ1n) is 7.61. The van der Waals surface area contributed by atoms with Gasteiger partial charge in [-0.2, -0.15) is 0 Å². The van der Waals surface area contributed by atoms with E-state index in [0.717, 1.165) is 4.90 Å². The van der Waals surface area contributed by atoms with Gasteiger partial charge >= 0.3 is 0 Å². The smallest absolute Gasteiger partial charge is 0.263 e. The summed E-state index contributed by atoms with van der Waals surface area (Å²) in [5, 5.41) is 0. The predicted molar refractivity (Wildman–Crippen MR) is 90.0 cm³/mol. The van der Waals surface area contributed by atoms with E-state index in [4.69, 9.17) is 0 Å². The third-order valence-corrected chi connectivity index (χ3v) is 5.53. The predicted octanol–water partition coefficient (Wildman–Crippen LogP) is 1.02. The van der Waals surface area contributed by atoms with Crippen LogP contribution in [0.25, 0.3) is 0 Å². The standard InChI is InChI=1S/C17H13N3O4S/c21-16-11-5-1-2-6-12(11)17(22)20(16)10-9-18-15-13-7-3-4-8-14(13)25(23,24)19-15/h1-8H,9-10H2,(H,18,19). The summed E-state index contributed by atoms with van der Waals surface area (Å²) in [4.78, 5) is 30.1. The Morgan fingerprint density at radius 2 is 1.44 bits per heavy atom. The van der Waals surface area contributed by atoms with Crippen molar-refractivity contribution in [1.29, 1.82) is 0 Å². The number of rotatable bonds is 3. The Labute approximate surface area is 144 Å². The van der Waals surface area contributed by atoms with Crippen LogP contribution in [0.4, 0.5) is 0 Å². The van der Waals surface area contributed by atoms with Crippen LogP contribution in [0.5, 0.6) is 0 Å². The van der Waals surface area contributed by atoms with Crippen LogP contribution in [0.3, 0.4) is 0 Å². The van der Waals surface area contributed by atoms with Crippen molar-refractivity contribution in [2.24, 2.45) is 4.99 Å². The highest BCUT2D eigenvalue weighted by Gasteiger charge is 2.35. The van der Waals surface area contributed by atoms with Crippen molar-refractivity contribution in [1.82, 2.24) is 9.62 Å². The Bertz CT molecular complexity index is 1010. The van der Waals surface area contributed by atoms with E-state index >= 15 is 0 Å². The van der Waals surface area contributed by atoms with Crippen molar-refractivity contribution in [3.8, 4) is 0 Å². The number of imide groups is 1. The zero-order valence-electron chi connectivity index (χ0n) is 13.0. The lowest BCUT2D eigenvalue weighted by Gasteiger charge is -2.12. The van der Waals surface area contributed by atoms with E-state index in [1.807, 2.05) is 0 Å². The fourth-order valence-electron chi connectivity index (χ4n) is 2.96. The summed E-state index contributed by atoms with van der Waals surface area (Å²) >= 11 is 0. The molecule has 0 aliphatic carbocycles. The van der Waals surface area contributed by atoms with Gasteiger partial charge in [0.2, 0.25) is 0 Å². The van der Waals surface area contributed by atoms with Crippen LogP contribution >= 0.6 is 0 Å². The molecule has 2 amide bonds. The van der Waals surface area contributed by atoms with Gasteiger partial charge < -0.3 is 0 Å². The van der Waals surface area contributed by atoms with Crippen molar-refractivity contribution in [2.45, 2.75) is 4.90 Å². The van der Waals surface area contributed by atoms with Crippen LogP contribution < -0.4 is 4.72 Å². The maximum absolute atomic E-state index is 12.3. The number of hydrogen-bond acceptors (Lipinski definition) is 5. The van der Waals surface area contributed by atoms with Crippen molar-refractivity contribution in [3.63, 3.8) is 0 Å². The Balaban J connectivity index is 1.54. The van der Waals surface area contributed by atoms with Crippen molar-refractivity contribution in [2.75, 3.05) is 13.1 Å². The Hall–Kier alpha value is -3.00. The number of amides is 2. The van der Waals surface area contributed by atoms with Gasteiger partial charge in [-0.05, 0) is 24.3 Å². The van der Waals surface area contributed by atoms with E-state index in [9.17, 15) is 18.0 Å². The molecule has 0 saturated heterocycles. The molecule has 0 spiro atoms. The molecule has 0 atom stereocenters. The number of hydrogen-bond donors (Lipinski definition) is 1. The summed E-state index contributed by atoms with van der Waals surface area (Å²) in [5.74, 6) is -0.478. The van der Waals surface area contributed by atoms with Crippen LogP contribution in [0.15, 0.2) is 58.4 Å². The Morgan fingerprint density at radius 1 is 0.880 bits per heavy atom. The highest BCUT2D eigenvalue weighted by atomic mass is 32.2. The number of benzene rings is 2. The summed E-state index contributed by atoms with van der Waals surface area (Å²) < 4.78 is 26.4. The lowest BCUT2D eigenvalue weighted by atomic mass is 10.1. The monoisotopic (exact) mass is 355 g/mol. The van der Waals surface area contributed by atoms with Gasteiger partial charge in [0.05, 0.1) is 22.6 Å². The first-order chi connectivity index (χ1) is 12.0. The summed E-state index contributed by atoms with van der Waals surface area (Å²) in [6.45, 7) is 0.192. The molecule has 25 heavy (non-hydrogen) atoms. The maximum atomic E-state index is 12.3. The van der Waals surface area contributed by atoms with Crippen molar-refractivity contribution in [3.05, 3.63) is 65.2 Å². The number of carbonyl (C=O) groups excluding carboxylic acids is 2. The van der Waals surface area contributed by atoms with E-state index in [1.165, 1.54) is 6.07 Å². The van der Waals surface area contributed by atoms with Crippen molar-refractivity contribution >= 4 is 27.7 Å². The molecule has 2 heterocycles. The van der Waals surface area contributed by atoms with E-state index < -0.39 is 10.0 Å². The second kappa shape index (κ2) is 5.52. The molecule has 126 valence electrons. The third-order valence-electron chi connectivity index (χ3n) is 4.13. The third kappa shape index (κ3) is 2.42. The normalized spacial score (nSPS) is 19.0. The highest BCUT2D eigenvalue weighted by Crippen LogP contribution is 2.23. The molecule has 7 nitrogen and oxygen atoms in total. The molecule has 2 aromatic rings. The number of sulfonamides is 1. The van der Waals surface area contributed by atoms with Gasteiger partial charge in [-0.1, -0.05) is 24.3 Å². The van der Waals surface area contributed by atoms with Crippen LogP contribution in [0, 0.1) is 0 Å². The van der Waals surface area contributed by atoms with Gasteiger partial charge in [-0.15, -0.1) is 0 Å². The maximum Gasteiger partial charge on any atom is 0.263 e. The average molecular weight is 355 g/mol. The summed E-state index contributed by atoms with van der Waals surface area (Å²) in [6.07, 6.45) is 0. The van der Waals surface area contributed by atoms with Gasteiger partial charge in [-0.3, -0.25) is 24.2 Å². The molecule has 2 aliphatic rings. The van der Waals surface area contributed by atoms with Gasteiger partial charge in [-0.25, -0.2) is 8.42 Å². The van der Waals surface area contributed by atoms with E-state index in [1.54, 1.807) is 42.5 Å². The molecule has 0 fully saturated rings. The number of aliphatic imine (C=N–C) groups is 1. The zero-order valence-corrected chi connectivity index (χ0v) is 13.8. The Morgan fingerprint density at radius 3 is 2.08 bits per heavy atom. The lowest BCUT2D eigenvalue weighted by molar-refractivity contribution is 0.0659. The Kier molecular flexibility index (Phi) is 3.43. The highest BCUT2D eigenvalue weighted by molar-refractivity contribution is 7.90. The SMILES string of the molecule is O=C1c2ccccc2C(=O)N1CCN=C1NS(=O)(=O)c2ccccc21. The minimum atomic E-state index is -3.60. The number of amidine groups is 1. The van der Waals surface area contributed by atoms with E-state index in [0.29, 0.717) is 16.7 Å². The fourth-order valence-corrected chi connectivity index (χ4v) is 4.21. The first-order valence-corrected chi connectivity index (χ1v) is 9.09. The number of nitrogens with zero attached hydrogens (tertiary/aromatic N) is 2. The minimum absolute atomic E-state index is 0.0831. The van der Waals surface area contributed by atoms with Crippen molar-refractivity contribution < 1.29 is 18.0 Å². The first kappa shape index (κ1) is 15.5. The second-order valence-electron chi connectivity index (χ2n) is 5.64. The second-order valence-corrected chi connectivity index (χ2v) is 7.29. The fraction of sp³-hybridized carbons (Fsp3) is 0.118. The summed E-state index contributed by atoms with van der Waals surface area (Å²) in [6, 6.07) is 13.2. The molecule has 4 rings (SSSR count). The van der Waals surface area contributed by atoms with Gasteiger partial charge in [0.25, 0.3) is 21.8 Å². The molecule has 0 saturated carbocycles. The topological polar surface area (TPSA) is 95.9 Å². The molecule has 0 aromatic heterocycles. The molecule has 1 N–H and O–H groups in total. The van der Waals surface area contributed by atoms with Crippen LogP contribution in [-0.4, -0.2) is 44.1 Å². The minimum Gasteiger partial charge on any atom is -0.272 e. The van der Waals surface area contributed by atoms with Crippen LogP contribution in [0.1, 0.15) is 26.3 Å². The van der Waals surface area contributed by atoms with Gasteiger partial charge in [0.15, 0.2) is 0 Å². The molecular weight excluding hydrogens is 342 g/mol. The van der Waals surface area contributed by atoms with Crippen LogP contribution in [0.2, 0.25) is 0 Å². The molecule has 8 heteroatoms. The molecule has 2 aliphatic heterocycles. The van der Waals surface area contributed by atoms with E-state index in [2.05, 4.69) is 9.71 Å². The molecule has 2 aromatic carbocycles. The average Bonchev–Trinajstić information content (AvgIpc) is 3.01. The molecule has 0 bridgehead atoms.